The number of nitrogens with zero attached hydrogens (tertiary/aromatic N) is 5. The first-order valence-corrected chi connectivity index (χ1v) is 13.8. The Morgan fingerprint density at radius 3 is 2.75 bits per heavy atom. The molecule has 8 heteroatoms. The Kier molecular flexibility index (Phi) is 6.42. The van der Waals surface area contributed by atoms with Crippen molar-refractivity contribution >= 4 is 10.9 Å². The molecule has 3 fully saturated rings. The van der Waals surface area contributed by atoms with Gasteiger partial charge < -0.3 is 9.72 Å². The summed E-state index contributed by atoms with van der Waals surface area (Å²) in [6.07, 6.45) is 11.2. The number of aromatic amines is 1. The van der Waals surface area contributed by atoms with Crippen molar-refractivity contribution in [1.29, 1.82) is 0 Å². The third-order valence-corrected chi connectivity index (χ3v) is 8.79. The van der Waals surface area contributed by atoms with Crippen LogP contribution in [0.15, 0.2) is 23.0 Å². The molecule has 2 atom stereocenters. The molecular formula is C28H38N6O2. The molecule has 1 saturated carbocycles. The fraction of sp³-hybridized carbons (Fsp3) is 0.643. The first-order chi connectivity index (χ1) is 17.5. The Bertz CT molecular complexity index is 1280. The van der Waals surface area contributed by atoms with Crippen LogP contribution >= 0.6 is 0 Å². The van der Waals surface area contributed by atoms with Crippen molar-refractivity contribution in [3.8, 4) is 0 Å². The molecule has 36 heavy (non-hydrogen) atoms. The second-order valence-electron chi connectivity index (χ2n) is 11.5. The number of pyridine rings is 1. The molecule has 1 aromatic carbocycles. The molecule has 0 unspecified atom stereocenters. The predicted molar refractivity (Wildman–Crippen MR) is 139 cm³/mol. The summed E-state index contributed by atoms with van der Waals surface area (Å²) in [7, 11) is 0. The average molecular weight is 491 g/mol. The van der Waals surface area contributed by atoms with Gasteiger partial charge in [-0.3, -0.25) is 9.69 Å². The van der Waals surface area contributed by atoms with Crippen LogP contribution in [0.1, 0.15) is 86.3 Å². The molecule has 2 aromatic heterocycles. The van der Waals surface area contributed by atoms with E-state index in [1.165, 1.54) is 44.1 Å². The number of aromatic nitrogens is 5. The van der Waals surface area contributed by atoms with E-state index in [0.717, 1.165) is 66.8 Å². The van der Waals surface area contributed by atoms with E-state index < -0.39 is 0 Å². The highest BCUT2D eigenvalue weighted by molar-refractivity contribution is 5.83. The number of tetrazole rings is 1. The molecule has 8 nitrogen and oxygen atoms in total. The summed E-state index contributed by atoms with van der Waals surface area (Å²) in [5.41, 5.74) is 4.23. The number of benzene rings is 1. The number of hydrogen-bond acceptors (Lipinski definition) is 6. The van der Waals surface area contributed by atoms with Crippen LogP contribution in [-0.4, -0.2) is 55.9 Å². The maximum Gasteiger partial charge on any atom is 0.253 e. The number of nitrogens with one attached hydrogen (secondary N) is 1. The lowest BCUT2D eigenvalue weighted by Crippen LogP contribution is -2.47. The summed E-state index contributed by atoms with van der Waals surface area (Å²) in [5.74, 6) is 0.757. The molecule has 0 bridgehead atoms. The molecule has 0 amide bonds. The van der Waals surface area contributed by atoms with Crippen molar-refractivity contribution in [2.24, 2.45) is 5.41 Å². The van der Waals surface area contributed by atoms with Crippen LogP contribution in [0.5, 0.6) is 0 Å². The van der Waals surface area contributed by atoms with E-state index in [0.29, 0.717) is 12.0 Å². The molecule has 4 heterocycles. The molecule has 3 aromatic rings. The highest BCUT2D eigenvalue weighted by Gasteiger charge is 2.41. The summed E-state index contributed by atoms with van der Waals surface area (Å²) in [6.45, 7) is 7.53. The Morgan fingerprint density at radius 1 is 1.11 bits per heavy atom. The van der Waals surface area contributed by atoms with Gasteiger partial charge in [0, 0.05) is 18.7 Å². The molecule has 3 aliphatic rings. The van der Waals surface area contributed by atoms with Gasteiger partial charge in [-0.05, 0) is 97.8 Å². The zero-order chi connectivity index (χ0) is 24.7. The summed E-state index contributed by atoms with van der Waals surface area (Å²) in [5, 5.41) is 14.1. The Morgan fingerprint density at radius 2 is 1.94 bits per heavy atom. The lowest BCUT2D eigenvalue weighted by Gasteiger charge is -2.47. The van der Waals surface area contributed by atoms with Crippen LogP contribution in [0, 0.1) is 19.3 Å². The summed E-state index contributed by atoms with van der Waals surface area (Å²) in [6, 6.07) is 6.09. The van der Waals surface area contributed by atoms with E-state index in [1.54, 1.807) is 0 Å². The number of hydrogen-bond donors (Lipinski definition) is 1. The SMILES string of the molecule is Cc1cc(C)c2[nH]c(=O)c([C@@H](c3nnnn3C[C@H]3CCCO3)N3CCCC4(CCCCC4)C3)cc2c1. The lowest BCUT2D eigenvalue weighted by atomic mass is 9.69. The van der Waals surface area contributed by atoms with Crippen LogP contribution in [0.2, 0.25) is 0 Å². The first kappa shape index (κ1) is 23.8. The normalized spacial score (nSPS) is 23.4. The molecule has 6 rings (SSSR count). The molecule has 0 radical (unpaired) electrons. The van der Waals surface area contributed by atoms with Crippen molar-refractivity contribution in [3.63, 3.8) is 0 Å². The fourth-order valence-electron chi connectivity index (χ4n) is 7.10. The summed E-state index contributed by atoms with van der Waals surface area (Å²) in [4.78, 5) is 19.4. The third kappa shape index (κ3) is 4.50. The van der Waals surface area contributed by atoms with Crippen LogP contribution < -0.4 is 5.56 Å². The van der Waals surface area contributed by atoms with E-state index in [1.807, 2.05) is 4.68 Å². The number of piperidine rings is 1. The number of rotatable bonds is 5. The molecule has 1 spiro atoms. The molecule has 2 saturated heterocycles. The van der Waals surface area contributed by atoms with E-state index in [2.05, 4.69) is 57.5 Å². The van der Waals surface area contributed by atoms with E-state index in [-0.39, 0.29) is 17.7 Å². The first-order valence-electron chi connectivity index (χ1n) is 13.8. The van der Waals surface area contributed by atoms with Gasteiger partial charge in [0.05, 0.1) is 18.2 Å². The van der Waals surface area contributed by atoms with E-state index >= 15 is 0 Å². The molecule has 192 valence electrons. The van der Waals surface area contributed by atoms with Crippen molar-refractivity contribution < 1.29 is 4.74 Å². The third-order valence-electron chi connectivity index (χ3n) is 8.79. The van der Waals surface area contributed by atoms with Gasteiger partial charge in [0.25, 0.3) is 5.56 Å². The van der Waals surface area contributed by atoms with E-state index in [9.17, 15) is 4.79 Å². The smallest absolute Gasteiger partial charge is 0.253 e. The lowest BCUT2D eigenvalue weighted by molar-refractivity contribution is 0.0326. The summed E-state index contributed by atoms with van der Waals surface area (Å²) >= 11 is 0. The highest BCUT2D eigenvalue weighted by Crippen LogP contribution is 2.45. The second kappa shape index (κ2) is 9.71. The van der Waals surface area contributed by atoms with Gasteiger partial charge in [-0.15, -0.1) is 5.10 Å². The molecule has 1 aliphatic carbocycles. The van der Waals surface area contributed by atoms with Gasteiger partial charge in [0.2, 0.25) is 0 Å². The standard InChI is InChI=1S/C28H38N6O2/c1-19-14-20(2)24-21(15-19)16-23(27(35)29-24)25(26-30-31-32-34(26)17-22-8-6-13-36-22)33-12-7-11-28(18-33)9-4-3-5-10-28/h14-16,22,25H,3-13,17-18H2,1-2H3,(H,29,35)/t22-,25+/m1/s1. The minimum absolute atomic E-state index is 0.0469. The van der Waals surface area contributed by atoms with Crippen molar-refractivity contribution in [2.45, 2.75) is 90.3 Å². The fourth-order valence-corrected chi connectivity index (χ4v) is 7.10. The molecule has 1 N–H and O–H groups in total. The number of aryl methyl sites for hydroxylation is 2. The van der Waals surface area contributed by atoms with Gasteiger partial charge >= 0.3 is 0 Å². The predicted octanol–water partition coefficient (Wildman–Crippen LogP) is 4.45. The number of ether oxygens (including phenoxy) is 1. The maximum absolute atomic E-state index is 13.7. The quantitative estimate of drug-likeness (QED) is 0.569. The highest BCUT2D eigenvalue weighted by atomic mass is 16.5. The van der Waals surface area contributed by atoms with Crippen LogP contribution in [0.4, 0.5) is 0 Å². The topological polar surface area (TPSA) is 88.9 Å². The monoisotopic (exact) mass is 490 g/mol. The Hall–Kier alpha value is -2.58. The number of H-pyrrole nitrogens is 1. The van der Waals surface area contributed by atoms with Gasteiger partial charge in [-0.1, -0.05) is 30.9 Å². The van der Waals surface area contributed by atoms with Crippen molar-refractivity contribution in [1.82, 2.24) is 30.1 Å². The van der Waals surface area contributed by atoms with Gasteiger partial charge in [0.1, 0.15) is 6.04 Å². The van der Waals surface area contributed by atoms with Gasteiger partial charge in [-0.25, -0.2) is 4.68 Å². The van der Waals surface area contributed by atoms with Crippen molar-refractivity contribution in [2.75, 3.05) is 19.7 Å². The summed E-state index contributed by atoms with van der Waals surface area (Å²) < 4.78 is 7.81. The Balaban J connectivity index is 1.45. The average Bonchev–Trinajstić information content (AvgIpc) is 3.54. The maximum atomic E-state index is 13.7. The van der Waals surface area contributed by atoms with Gasteiger partial charge in [0.15, 0.2) is 5.82 Å². The molecular weight excluding hydrogens is 452 g/mol. The van der Waals surface area contributed by atoms with Crippen molar-refractivity contribution in [3.05, 3.63) is 51.1 Å². The Labute approximate surface area is 212 Å². The minimum atomic E-state index is -0.283. The van der Waals surface area contributed by atoms with Crippen LogP contribution in [0.25, 0.3) is 10.9 Å². The number of fused-ring (bicyclic) bond motifs is 1. The number of likely N-dealkylation sites (tertiary alicyclic amines) is 1. The zero-order valence-corrected chi connectivity index (χ0v) is 21.6. The zero-order valence-electron chi connectivity index (χ0n) is 21.6. The molecule has 2 aliphatic heterocycles. The van der Waals surface area contributed by atoms with E-state index in [4.69, 9.17) is 4.74 Å². The minimum Gasteiger partial charge on any atom is -0.376 e. The second-order valence-corrected chi connectivity index (χ2v) is 11.5. The largest absolute Gasteiger partial charge is 0.376 e. The van der Waals surface area contributed by atoms with Crippen LogP contribution in [0.3, 0.4) is 0 Å². The van der Waals surface area contributed by atoms with Crippen LogP contribution in [-0.2, 0) is 11.3 Å². The van der Waals surface area contributed by atoms with Gasteiger partial charge in [-0.2, -0.15) is 0 Å².